The number of carbonyl (C=O) groups is 2. The second kappa shape index (κ2) is 5.74. The maximum Gasteiger partial charge on any atom is 0.325 e. The molecule has 3 amide bonds. The summed E-state index contributed by atoms with van der Waals surface area (Å²) in [6, 6.07) is 15.3. The van der Waals surface area contributed by atoms with E-state index in [0.717, 1.165) is 34.0 Å². The first-order valence-corrected chi connectivity index (χ1v) is 8.87. The van der Waals surface area contributed by atoms with Gasteiger partial charge in [0, 0.05) is 4.47 Å². The van der Waals surface area contributed by atoms with Crippen molar-refractivity contribution in [2.24, 2.45) is 0 Å². The number of aryl methyl sites for hydroxylation is 1. The molecule has 0 saturated carbocycles. The Bertz CT molecular complexity index is 836. The monoisotopic (exact) mass is 384 g/mol. The average Bonchev–Trinajstić information content (AvgIpc) is 2.82. The van der Waals surface area contributed by atoms with Crippen LogP contribution in [0.15, 0.2) is 53.0 Å². The Hall–Kier alpha value is -2.14. The Morgan fingerprint density at radius 1 is 1.08 bits per heavy atom. The first-order chi connectivity index (χ1) is 11.6. The predicted octanol–water partition coefficient (Wildman–Crippen LogP) is 3.73. The molecule has 1 N–H and O–H groups in total. The second-order valence-electron chi connectivity index (χ2n) is 6.33. The molecule has 1 heterocycles. The standard InChI is InChI=1S/C19H17BrN2O2/c20-16-10-4-2-7-14(16)12-22-17(23)19(21-18(22)24)11-5-8-13-6-1-3-9-15(13)19/h1-4,6-7,9-10H,5,8,11-12H2,(H,21,24)/t19-/m0/s1. The van der Waals surface area contributed by atoms with E-state index >= 15 is 0 Å². The third-order valence-corrected chi connectivity index (χ3v) is 5.71. The van der Waals surface area contributed by atoms with Gasteiger partial charge in [-0.2, -0.15) is 0 Å². The minimum absolute atomic E-state index is 0.143. The van der Waals surface area contributed by atoms with Crippen LogP contribution in [0.5, 0.6) is 0 Å². The molecule has 0 aromatic heterocycles. The number of urea groups is 1. The molecule has 4 nitrogen and oxygen atoms in total. The van der Waals surface area contributed by atoms with E-state index in [1.165, 1.54) is 4.90 Å². The zero-order chi connectivity index (χ0) is 16.7. The van der Waals surface area contributed by atoms with Crippen molar-refractivity contribution in [1.29, 1.82) is 0 Å². The predicted molar refractivity (Wildman–Crippen MR) is 94.3 cm³/mol. The van der Waals surface area contributed by atoms with E-state index in [4.69, 9.17) is 0 Å². The summed E-state index contributed by atoms with van der Waals surface area (Å²) in [6.45, 7) is 0.274. The minimum Gasteiger partial charge on any atom is -0.319 e. The molecule has 2 aliphatic rings. The fourth-order valence-electron chi connectivity index (χ4n) is 3.75. The van der Waals surface area contributed by atoms with Crippen LogP contribution >= 0.6 is 15.9 Å². The van der Waals surface area contributed by atoms with Crippen LogP contribution in [0.4, 0.5) is 4.79 Å². The molecule has 1 atom stereocenters. The summed E-state index contributed by atoms with van der Waals surface area (Å²) in [6.07, 6.45) is 2.50. The van der Waals surface area contributed by atoms with Crippen LogP contribution in [0, 0.1) is 0 Å². The molecule has 2 aromatic rings. The third-order valence-electron chi connectivity index (χ3n) is 4.94. The summed E-state index contributed by atoms with van der Waals surface area (Å²) in [4.78, 5) is 27.1. The summed E-state index contributed by atoms with van der Waals surface area (Å²) >= 11 is 3.49. The first kappa shape index (κ1) is 15.4. The van der Waals surface area contributed by atoms with Crippen LogP contribution in [0.2, 0.25) is 0 Å². The van der Waals surface area contributed by atoms with Gasteiger partial charge in [-0.15, -0.1) is 0 Å². The normalized spacial score (nSPS) is 22.6. The number of fused-ring (bicyclic) bond motifs is 2. The molecule has 24 heavy (non-hydrogen) atoms. The van der Waals surface area contributed by atoms with Gasteiger partial charge in [-0.25, -0.2) is 4.79 Å². The van der Waals surface area contributed by atoms with Crippen molar-refractivity contribution in [3.8, 4) is 0 Å². The lowest BCUT2D eigenvalue weighted by molar-refractivity contribution is -0.132. The topological polar surface area (TPSA) is 49.4 Å². The lowest BCUT2D eigenvalue weighted by Gasteiger charge is -2.33. The van der Waals surface area contributed by atoms with Crippen molar-refractivity contribution in [1.82, 2.24) is 10.2 Å². The highest BCUT2D eigenvalue weighted by atomic mass is 79.9. The number of nitrogens with zero attached hydrogens (tertiary/aromatic N) is 1. The van der Waals surface area contributed by atoms with Crippen LogP contribution in [0.3, 0.4) is 0 Å². The van der Waals surface area contributed by atoms with E-state index in [9.17, 15) is 9.59 Å². The molecule has 0 bridgehead atoms. The van der Waals surface area contributed by atoms with Crippen LogP contribution < -0.4 is 5.32 Å². The van der Waals surface area contributed by atoms with Gasteiger partial charge in [-0.1, -0.05) is 58.4 Å². The summed E-state index contributed by atoms with van der Waals surface area (Å²) in [5.41, 5.74) is 2.12. The van der Waals surface area contributed by atoms with Gasteiger partial charge < -0.3 is 5.32 Å². The largest absolute Gasteiger partial charge is 0.325 e. The van der Waals surface area contributed by atoms with Gasteiger partial charge in [0.1, 0.15) is 5.54 Å². The zero-order valence-corrected chi connectivity index (χ0v) is 14.7. The number of hydrogen-bond donors (Lipinski definition) is 1. The molecular weight excluding hydrogens is 368 g/mol. The Morgan fingerprint density at radius 2 is 1.83 bits per heavy atom. The van der Waals surface area contributed by atoms with Gasteiger partial charge in [0.2, 0.25) is 0 Å². The summed E-state index contributed by atoms with van der Waals surface area (Å²) in [7, 11) is 0. The molecular formula is C19H17BrN2O2. The van der Waals surface area contributed by atoms with Crippen LogP contribution in [-0.2, 0) is 23.3 Å². The van der Waals surface area contributed by atoms with E-state index in [-0.39, 0.29) is 18.5 Å². The van der Waals surface area contributed by atoms with Gasteiger partial charge in [0.15, 0.2) is 0 Å². The first-order valence-electron chi connectivity index (χ1n) is 8.08. The number of hydrogen-bond acceptors (Lipinski definition) is 2. The Balaban J connectivity index is 1.71. The number of benzene rings is 2. The highest BCUT2D eigenvalue weighted by molar-refractivity contribution is 9.10. The van der Waals surface area contributed by atoms with Crippen molar-refractivity contribution in [2.75, 3.05) is 0 Å². The van der Waals surface area contributed by atoms with Gasteiger partial charge in [0.25, 0.3) is 5.91 Å². The number of nitrogens with one attached hydrogen (secondary N) is 1. The van der Waals surface area contributed by atoms with Gasteiger partial charge >= 0.3 is 6.03 Å². The molecule has 4 rings (SSSR count). The maximum atomic E-state index is 13.2. The SMILES string of the molecule is O=C1N[C@]2(CCCc3ccccc32)C(=O)N1Cc1ccccc1Br. The van der Waals surface area contributed by atoms with E-state index in [1.54, 1.807) is 0 Å². The van der Waals surface area contributed by atoms with Gasteiger partial charge in [-0.3, -0.25) is 9.69 Å². The number of carbonyl (C=O) groups excluding carboxylic acids is 2. The van der Waals surface area contributed by atoms with Crippen molar-refractivity contribution in [2.45, 2.75) is 31.3 Å². The van der Waals surface area contributed by atoms with Crippen LogP contribution in [-0.4, -0.2) is 16.8 Å². The average molecular weight is 385 g/mol. The summed E-state index contributed by atoms with van der Waals surface area (Å²) in [5, 5.41) is 2.99. The third kappa shape index (κ3) is 2.26. The second-order valence-corrected chi connectivity index (χ2v) is 7.18. The lowest BCUT2D eigenvalue weighted by atomic mass is 9.76. The fourth-order valence-corrected chi connectivity index (χ4v) is 4.16. The highest BCUT2D eigenvalue weighted by Crippen LogP contribution is 2.40. The van der Waals surface area contributed by atoms with Crippen molar-refractivity contribution in [3.63, 3.8) is 0 Å². The van der Waals surface area contributed by atoms with E-state index < -0.39 is 5.54 Å². The smallest absolute Gasteiger partial charge is 0.319 e. The van der Waals surface area contributed by atoms with Gasteiger partial charge in [-0.05, 0) is 42.0 Å². The van der Waals surface area contributed by atoms with Crippen molar-refractivity contribution < 1.29 is 9.59 Å². The number of rotatable bonds is 2. The Morgan fingerprint density at radius 3 is 2.67 bits per heavy atom. The van der Waals surface area contributed by atoms with E-state index in [2.05, 4.69) is 21.2 Å². The zero-order valence-electron chi connectivity index (χ0n) is 13.1. The molecule has 122 valence electrons. The van der Waals surface area contributed by atoms with Crippen LogP contribution in [0.1, 0.15) is 29.5 Å². The number of amides is 3. The molecule has 2 aromatic carbocycles. The molecule has 5 heteroatoms. The maximum absolute atomic E-state index is 13.2. The Kier molecular flexibility index (Phi) is 3.68. The molecule has 0 unspecified atom stereocenters. The number of halogens is 1. The minimum atomic E-state index is -0.896. The summed E-state index contributed by atoms with van der Waals surface area (Å²) in [5.74, 6) is -0.143. The van der Waals surface area contributed by atoms with E-state index in [1.807, 2.05) is 48.5 Å². The van der Waals surface area contributed by atoms with E-state index in [0.29, 0.717) is 6.42 Å². The number of imide groups is 1. The highest BCUT2D eigenvalue weighted by Gasteiger charge is 2.53. The lowest BCUT2D eigenvalue weighted by Crippen LogP contribution is -2.46. The van der Waals surface area contributed by atoms with Gasteiger partial charge in [0.05, 0.1) is 6.54 Å². The fraction of sp³-hybridized carbons (Fsp3) is 0.263. The quantitative estimate of drug-likeness (QED) is 0.801. The molecule has 1 aliphatic carbocycles. The molecule has 1 fully saturated rings. The Labute approximate surface area is 149 Å². The molecule has 0 radical (unpaired) electrons. The van der Waals surface area contributed by atoms with Crippen LogP contribution in [0.25, 0.3) is 0 Å². The molecule has 1 aliphatic heterocycles. The molecule has 1 saturated heterocycles. The van der Waals surface area contributed by atoms with Crippen molar-refractivity contribution >= 4 is 27.9 Å². The van der Waals surface area contributed by atoms with Crippen molar-refractivity contribution in [3.05, 3.63) is 69.7 Å². The molecule has 1 spiro atoms. The summed E-state index contributed by atoms with van der Waals surface area (Å²) < 4.78 is 0.899.